The fraction of sp³-hybridized carbons (Fsp3) is 0.923. The van der Waals surface area contributed by atoms with Gasteiger partial charge < -0.3 is 10.6 Å². The fourth-order valence-corrected chi connectivity index (χ4v) is 3.49. The lowest BCUT2D eigenvalue weighted by Crippen LogP contribution is -2.50. The molecule has 0 bridgehead atoms. The van der Waals surface area contributed by atoms with Gasteiger partial charge in [-0.2, -0.15) is 11.8 Å². The molecule has 2 N–H and O–H groups in total. The smallest absolute Gasteiger partial charge is 0.236 e. The van der Waals surface area contributed by atoms with E-state index in [0.29, 0.717) is 11.5 Å². The molecule has 1 amide bonds. The van der Waals surface area contributed by atoms with Crippen LogP contribution in [0.15, 0.2) is 0 Å². The Bertz CT molecular complexity index is 256. The van der Waals surface area contributed by atoms with Crippen molar-refractivity contribution < 1.29 is 4.79 Å². The molecule has 0 aromatic heterocycles. The number of carbonyl (C=O) groups is 1. The number of thioether (sulfide) groups is 1. The van der Waals surface area contributed by atoms with Crippen LogP contribution in [0.2, 0.25) is 0 Å². The van der Waals surface area contributed by atoms with E-state index in [1.807, 2.05) is 18.7 Å². The van der Waals surface area contributed by atoms with Crippen molar-refractivity contribution in [3.8, 4) is 0 Å². The minimum atomic E-state index is -0.0824. The molecular weight excluding hydrogens is 232 g/mol. The molecule has 3 nitrogen and oxygen atoms in total. The zero-order chi connectivity index (χ0) is 12.9. The van der Waals surface area contributed by atoms with Crippen LogP contribution in [0, 0.1) is 5.41 Å². The van der Waals surface area contributed by atoms with Gasteiger partial charge in [-0.1, -0.05) is 20.8 Å². The molecule has 0 spiro atoms. The fourth-order valence-electron chi connectivity index (χ4n) is 2.20. The highest BCUT2D eigenvalue weighted by Gasteiger charge is 2.29. The van der Waals surface area contributed by atoms with Gasteiger partial charge in [-0.15, -0.1) is 0 Å². The lowest BCUT2D eigenvalue weighted by Gasteiger charge is -2.36. The molecule has 1 aliphatic rings. The van der Waals surface area contributed by atoms with Gasteiger partial charge in [-0.25, -0.2) is 0 Å². The Labute approximate surface area is 109 Å². The van der Waals surface area contributed by atoms with Crippen molar-refractivity contribution in [3.63, 3.8) is 0 Å². The average Bonchev–Trinajstić information content (AvgIpc) is 2.24. The summed E-state index contributed by atoms with van der Waals surface area (Å²) in [6, 6.07) is 0.382. The van der Waals surface area contributed by atoms with E-state index in [9.17, 15) is 4.79 Å². The summed E-state index contributed by atoms with van der Waals surface area (Å²) in [7, 11) is 0. The number of hydrogen-bond donors (Lipinski definition) is 2. The van der Waals surface area contributed by atoms with E-state index < -0.39 is 0 Å². The van der Waals surface area contributed by atoms with Gasteiger partial charge >= 0.3 is 0 Å². The first-order valence-electron chi connectivity index (χ1n) is 6.56. The molecule has 1 heterocycles. The van der Waals surface area contributed by atoms with Crippen LogP contribution in [0.4, 0.5) is 0 Å². The molecule has 1 saturated heterocycles. The lowest BCUT2D eigenvalue weighted by atomic mass is 9.87. The number of amides is 1. The standard InChI is InChI=1S/C13H26N2OS/c1-5-6-14-12(16)10(2)15-11-7-13(3,4)9-17-8-11/h10-11,15H,5-9H2,1-4H3,(H,14,16). The summed E-state index contributed by atoms with van der Waals surface area (Å²) in [5.41, 5.74) is 0.389. The van der Waals surface area contributed by atoms with Crippen molar-refractivity contribution in [2.45, 2.75) is 52.6 Å². The van der Waals surface area contributed by atoms with Crippen molar-refractivity contribution >= 4 is 17.7 Å². The summed E-state index contributed by atoms with van der Waals surface area (Å²) >= 11 is 1.99. The minimum absolute atomic E-state index is 0.0824. The summed E-state index contributed by atoms with van der Waals surface area (Å²) in [4.78, 5) is 11.8. The first-order valence-corrected chi connectivity index (χ1v) is 7.71. The average molecular weight is 258 g/mol. The molecule has 4 heteroatoms. The van der Waals surface area contributed by atoms with Crippen molar-refractivity contribution in [3.05, 3.63) is 0 Å². The Hall–Kier alpha value is -0.220. The zero-order valence-electron chi connectivity index (χ0n) is 11.5. The van der Waals surface area contributed by atoms with Crippen molar-refractivity contribution in [1.82, 2.24) is 10.6 Å². The van der Waals surface area contributed by atoms with E-state index >= 15 is 0 Å². The van der Waals surface area contributed by atoms with Crippen molar-refractivity contribution in [2.75, 3.05) is 18.1 Å². The van der Waals surface area contributed by atoms with Gasteiger partial charge in [-0.3, -0.25) is 4.79 Å². The number of hydrogen-bond acceptors (Lipinski definition) is 3. The molecule has 2 unspecified atom stereocenters. The van der Waals surface area contributed by atoms with Crippen LogP contribution >= 0.6 is 11.8 Å². The quantitative estimate of drug-likeness (QED) is 0.793. The van der Waals surface area contributed by atoms with E-state index in [-0.39, 0.29) is 11.9 Å². The van der Waals surface area contributed by atoms with Crippen molar-refractivity contribution in [2.24, 2.45) is 5.41 Å². The van der Waals surface area contributed by atoms with E-state index in [1.165, 1.54) is 5.75 Å². The molecule has 100 valence electrons. The molecule has 0 saturated carbocycles. The van der Waals surface area contributed by atoms with Crippen LogP contribution in [0.3, 0.4) is 0 Å². The highest BCUT2D eigenvalue weighted by atomic mass is 32.2. The second-order valence-corrected chi connectivity index (χ2v) is 6.79. The lowest BCUT2D eigenvalue weighted by molar-refractivity contribution is -0.122. The third-order valence-electron chi connectivity index (χ3n) is 3.04. The third kappa shape index (κ3) is 5.30. The molecule has 0 aliphatic carbocycles. The van der Waals surface area contributed by atoms with Crippen LogP contribution in [-0.2, 0) is 4.79 Å². The Morgan fingerprint density at radius 2 is 2.24 bits per heavy atom. The highest BCUT2D eigenvalue weighted by molar-refractivity contribution is 7.99. The summed E-state index contributed by atoms with van der Waals surface area (Å²) in [6.07, 6.45) is 2.15. The Morgan fingerprint density at radius 1 is 1.53 bits per heavy atom. The summed E-state index contributed by atoms with van der Waals surface area (Å²) < 4.78 is 0. The molecule has 0 radical (unpaired) electrons. The summed E-state index contributed by atoms with van der Waals surface area (Å²) in [5.74, 6) is 2.47. The van der Waals surface area contributed by atoms with Crippen LogP contribution in [0.5, 0.6) is 0 Å². The molecule has 1 aliphatic heterocycles. The SMILES string of the molecule is CCCNC(=O)C(C)NC1CSCC(C)(C)C1. The number of rotatable bonds is 5. The molecule has 0 aromatic rings. The molecule has 17 heavy (non-hydrogen) atoms. The molecule has 1 rings (SSSR count). The molecule has 2 atom stereocenters. The normalized spacial score (nSPS) is 25.3. The topological polar surface area (TPSA) is 41.1 Å². The monoisotopic (exact) mass is 258 g/mol. The van der Waals surface area contributed by atoms with E-state index in [4.69, 9.17) is 0 Å². The van der Waals surface area contributed by atoms with Gasteiger partial charge in [0.1, 0.15) is 0 Å². The maximum absolute atomic E-state index is 11.8. The van der Waals surface area contributed by atoms with Crippen LogP contribution in [0.1, 0.15) is 40.5 Å². The second kappa shape index (κ2) is 6.64. The highest BCUT2D eigenvalue weighted by Crippen LogP contribution is 2.33. The third-order valence-corrected chi connectivity index (χ3v) is 4.66. The number of nitrogens with one attached hydrogen (secondary N) is 2. The maximum atomic E-state index is 11.8. The molecule has 0 aromatic carbocycles. The number of carbonyl (C=O) groups excluding carboxylic acids is 1. The van der Waals surface area contributed by atoms with E-state index in [0.717, 1.165) is 25.1 Å². The first-order chi connectivity index (χ1) is 7.94. The molecular formula is C13H26N2OS. The predicted octanol–water partition coefficient (Wildman–Crippen LogP) is 2.02. The van der Waals surface area contributed by atoms with E-state index in [1.54, 1.807) is 0 Å². The zero-order valence-corrected chi connectivity index (χ0v) is 12.3. The van der Waals surface area contributed by atoms with Crippen LogP contribution in [-0.4, -0.2) is 36.0 Å². The minimum Gasteiger partial charge on any atom is -0.355 e. The van der Waals surface area contributed by atoms with Crippen LogP contribution in [0.25, 0.3) is 0 Å². The van der Waals surface area contributed by atoms with Crippen LogP contribution < -0.4 is 10.6 Å². The Balaban J connectivity index is 2.35. The van der Waals surface area contributed by atoms with Gasteiger partial charge in [0.05, 0.1) is 6.04 Å². The second-order valence-electron chi connectivity index (χ2n) is 5.76. The van der Waals surface area contributed by atoms with Gasteiger partial charge in [0.2, 0.25) is 5.91 Å². The van der Waals surface area contributed by atoms with Crippen molar-refractivity contribution in [1.29, 1.82) is 0 Å². The maximum Gasteiger partial charge on any atom is 0.236 e. The Morgan fingerprint density at radius 3 is 2.82 bits per heavy atom. The first kappa shape index (κ1) is 14.8. The Kier molecular flexibility index (Phi) is 5.80. The largest absolute Gasteiger partial charge is 0.355 e. The van der Waals surface area contributed by atoms with E-state index in [2.05, 4.69) is 31.4 Å². The molecule has 1 fully saturated rings. The van der Waals surface area contributed by atoms with Gasteiger partial charge in [0, 0.05) is 18.3 Å². The van der Waals surface area contributed by atoms with Gasteiger partial charge in [0.25, 0.3) is 0 Å². The van der Waals surface area contributed by atoms with Gasteiger partial charge in [0.15, 0.2) is 0 Å². The predicted molar refractivity (Wildman–Crippen MR) is 75.4 cm³/mol. The summed E-state index contributed by atoms with van der Waals surface area (Å²) in [5, 5.41) is 6.38. The van der Waals surface area contributed by atoms with Gasteiger partial charge in [-0.05, 0) is 30.9 Å². The summed E-state index contributed by atoms with van der Waals surface area (Å²) in [6.45, 7) is 9.40.